The number of fused-ring (bicyclic) bond motifs is 1. The highest BCUT2D eigenvalue weighted by molar-refractivity contribution is 6.34. The molecule has 0 spiro atoms. The molecule has 1 N–H and O–H groups in total. The zero-order valence-corrected chi connectivity index (χ0v) is 17.3. The Morgan fingerprint density at radius 2 is 1.97 bits per heavy atom. The van der Waals surface area contributed by atoms with Gasteiger partial charge < -0.3 is 14.5 Å². The van der Waals surface area contributed by atoms with Crippen molar-refractivity contribution in [2.75, 3.05) is 12.4 Å². The van der Waals surface area contributed by atoms with Crippen LogP contribution in [0.2, 0.25) is 5.02 Å². The van der Waals surface area contributed by atoms with Crippen molar-refractivity contribution < 1.29 is 18.9 Å². The molecule has 0 fully saturated rings. The number of methoxy groups -OCH3 is 1. The largest absolute Gasteiger partial charge is 0.490 e. The molecule has 3 aromatic carbocycles. The second-order valence-corrected chi connectivity index (χ2v) is 7.19. The van der Waals surface area contributed by atoms with Gasteiger partial charge in [0.25, 0.3) is 5.91 Å². The van der Waals surface area contributed by atoms with Gasteiger partial charge in [-0.15, -0.1) is 0 Å². The minimum absolute atomic E-state index is 0.0628. The number of carbonyl (C=O) groups excluding carboxylic acids is 1. The lowest BCUT2D eigenvalue weighted by atomic mass is 10.1. The first kappa shape index (κ1) is 20.4. The Kier molecular flexibility index (Phi) is 5.31. The maximum Gasteiger partial charge on any atom is 0.311 e. The van der Waals surface area contributed by atoms with Gasteiger partial charge in [0.15, 0.2) is 11.3 Å². The van der Waals surface area contributed by atoms with Gasteiger partial charge in [0.1, 0.15) is 5.52 Å². The molecule has 0 aliphatic heterocycles. The van der Waals surface area contributed by atoms with Crippen molar-refractivity contribution in [2.24, 2.45) is 0 Å². The minimum Gasteiger partial charge on any atom is -0.490 e. The van der Waals surface area contributed by atoms with E-state index in [0.29, 0.717) is 33.3 Å². The van der Waals surface area contributed by atoms with Crippen LogP contribution in [0.3, 0.4) is 0 Å². The molecule has 1 heterocycles. The standard InChI is InChI=1S/C22H16ClN3O5/c1-12-3-7-16-20(9-12)31-22(25-16)14-4-6-15(23)17(10-14)24-21(27)13-5-8-19(30-2)18(11-13)26(28)29/h3-11H,1-2H3,(H,24,27). The number of halogens is 1. The Morgan fingerprint density at radius 1 is 1.16 bits per heavy atom. The third kappa shape index (κ3) is 4.06. The number of ether oxygens (including phenoxy) is 1. The van der Waals surface area contributed by atoms with E-state index >= 15 is 0 Å². The lowest BCUT2D eigenvalue weighted by Gasteiger charge is -2.09. The van der Waals surface area contributed by atoms with E-state index in [4.69, 9.17) is 20.8 Å². The summed E-state index contributed by atoms with van der Waals surface area (Å²) in [7, 11) is 1.32. The number of benzene rings is 3. The lowest BCUT2D eigenvalue weighted by Crippen LogP contribution is -2.12. The molecule has 0 saturated heterocycles. The fourth-order valence-electron chi connectivity index (χ4n) is 3.08. The first-order valence-electron chi connectivity index (χ1n) is 9.16. The number of oxazole rings is 1. The summed E-state index contributed by atoms with van der Waals surface area (Å²) in [6.07, 6.45) is 0. The van der Waals surface area contributed by atoms with Crippen LogP contribution in [-0.4, -0.2) is 22.9 Å². The zero-order chi connectivity index (χ0) is 22.1. The highest BCUT2D eigenvalue weighted by Gasteiger charge is 2.19. The van der Waals surface area contributed by atoms with Crippen LogP contribution in [-0.2, 0) is 0 Å². The van der Waals surface area contributed by atoms with Gasteiger partial charge in [-0.2, -0.15) is 0 Å². The monoisotopic (exact) mass is 437 g/mol. The van der Waals surface area contributed by atoms with Crippen LogP contribution in [0.1, 0.15) is 15.9 Å². The summed E-state index contributed by atoms with van der Waals surface area (Å²) < 4.78 is 10.8. The van der Waals surface area contributed by atoms with E-state index in [0.717, 1.165) is 11.6 Å². The lowest BCUT2D eigenvalue weighted by molar-refractivity contribution is -0.385. The summed E-state index contributed by atoms with van der Waals surface area (Å²) in [4.78, 5) is 27.8. The number of anilines is 1. The van der Waals surface area contributed by atoms with E-state index in [-0.39, 0.29) is 17.0 Å². The number of nitrogens with one attached hydrogen (secondary N) is 1. The van der Waals surface area contributed by atoms with Crippen molar-refractivity contribution in [3.8, 4) is 17.2 Å². The van der Waals surface area contributed by atoms with Crippen LogP contribution in [0.15, 0.2) is 59.0 Å². The summed E-state index contributed by atoms with van der Waals surface area (Å²) in [5.41, 5.74) is 3.14. The third-order valence-electron chi connectivity index (χ3n) is 4.64. The molecule has 0 atom stereocenters. The molecule has 9 heteroatoms. The molecule has 31 heavy (non-hydrogen) atoms. The molecule has 0 aliphatic carbocycles. The maximum atomic E-state index is 12.7. The first-order chi connectivity index (χ1) is 14.9. The Hall–Kier alpha value is -3.91. The van der Waals surface area contributed by atoms with E-state index in [2.05, 4.69) is 10.3 Å². The number of aryl methyl sites for hydroxylation is 1. The van der Waals surface area contributed by atoms with Crippen LogP contribution in [0.25, 0.3) is 22.6 Å². The zero-order valence-electron chi connectivity index (χ0n) is 16.5. The van der Waals surface area contributed by atoms with Crippen LogP contribution < -0.4 is 10.1 Å². The van der Waals surface area contributed by atoms with Crippen LogP contribution in [0.5, 0.6) is 5.75 Å². The fourth-order valence-corrected chi connectivity index (χ4v) is 3.24. The van der Waals surface area contributed by atoms with Crippen molar-refractivity contribution in [1.29, 1.82) is 0 Å². The number of amides is 1. The molecule has 1 aromatic heterocycles. The molecule has 4 rings (SSSR count). The Labute approximate surface area is 181 Å². The van der Waals surface area contributed by atoms with Crippen molar-refractivity contribution >= 4 is 40.0 Å². The predicted molar refractivity (Wildman–Crippen MR) is 117 cm³/mol. The molecule has 0 saturated carbocycles. The molecule has 0 unspecified atom stereocenters. The van der Waals surface area contributed by atoms with Crippen molar-refractivity contribution in [2.45, 2.75) is 6.92 Å². The summed E-state index contributed by atoms with van der Waals surface area (Å²) in [6.45, 7) is 1.96. The van der Waals surface area contributed by atoms with Crippen LogP contribution in [0.4, 0.5) is 11.4 Å². The molecule has 4 aromatic rings. The number of nitrogens with zero attached hydrogens (tertiary/aromatic N) is 2. The Morgan fingerprint density at radius 3 is 2.71 bits per heavy atom. The van der Waals surface area contributed by atoms with Gasteiger partial charge in [-0.05, 0) is 55.0 Å². The Bertz CT molecular complexity index is 1330. The summed E-state index contributed by atoms with van der Waals surface area (Å²) >= 11 is 6.25. The molecular formula is C22H16ClN3O5. The van der Waals surface area contributed by atoms with Gasteiger partial charge in [0.05, 0.1) is 22.7 Å². The highest BCUT2D eigenvalue weighted by atomic mass is 35.5. The van der Waals surface area contributed by atoms with E-state index in [1.807, 2.05) is 25.1 Å². The SMILES string of the molecule is COc1ccc(C(=O)Nc2cc(-c3nc4ccc(C)cc4o3)ccc2Cl)cc1[N+](=O)[O-]. The molecular weight excluding hydrogens is 422 g/mol. The predicted octanol–water partition coefficient (Wildman–Crippen LogP) is 5.63. The normalized spacial score (nSPS) is 10.8. The highest BCUT2D eigenvalue weighted by Crippen LogP contribution is 2.32. The Balaban J connectivity index is 1.65. The number of carbonyl (C=O) groups is 1. The van der Waals surface area contributed by atoms with Crippen LogP contribution in [0, 0.1) is 17.0 Å². The average molecular weight is 438 g/mol. The van der Waals surface area contributed by atoms with Gasteiger partial charge >= 0.3 is 5.69 Å². The van der Waals surface area contributed by atoms with Crippen molar-refractivity contribution in [3.05, 3.63) is 80.9 Å². The van der Waals surface area contributed by atoms with Gasteiger partial charge in [-0.3, -0.25) is 14.9 Å². The number of hydrogen-bond donors (Lipinski definition) is 1. The number of rotatable bonds is 5. The molecule has 0 bridgehead atoms. The second-order valence-electron chi connectivity index (χ2n) is 6.78. The quantitative estimate of drug-likeness (QED) is 0.320. The first-order valence-corrected chi connectivity index (χ1v) is 9.54. The van der Waals surface area contributed by atoms with Gasteiger partial charge in [-0.1, -0.05) is 17.7 Å². The number of aromatic nitrogens is 1. The van der Waals surface area contributed by atoms with Crippen molar-refractivity contribution in [1.82, 2.24) is 4.98 Å². The molecule has 1 amide bonds. The van der Waals surface area contributed by atoms with E-state index in [9.17, 15) is 14.9 Å². The van der Waals surface area contributed by atoms with Gasteiger partial charge in [0, 0.05) is 17.2 Å². The average Bonchev–Trinajstić information content (AvgIpc) is 3.17. The molecule has 0 radical (unpaired) electrons. The number of hydrogen-bond acceptors (Lipinski definition) is 6. The molecule has 0 aliphatic rings. The van der Waals surface area contributed by atoms with Gasteiger partial charge in [-0.25, -0.2) is 4.98 Å². The smallest absolute Gasteiger partial charge is 0.311 e. The topological polar surface area (TPSA) is 108 Å². The minimum atomic E-state index is -0.613. The maximum absolute atomic E-state index is 12.7. The van der Waals surface area contributed by atoms with E-state index in [1.54, 1.807) is 18.2 Å². The summed E-state index contributed by atoms with van der Waals surface area (Å²) in [5.74, 6) is -0.112. The molecule has 156 valence electrons. The summed E-state index contributed by atoms with van der Waals surface area (Å²) in [5, 5.41) is 14.2. The van der Waals surface area contributed by atoms with Crippen LogP contribution >= 0.6 is 11.6 Å². The molecule has 8 nitrogen and oxygen atoms in total. The number of nitro benzene ring substituents is 1. The fraction of sp³-hybridized carbons (Fsp3) is 0.0909. The van der Waals surface area contributed by atoms with Gasteiger partial charge in [0.2, 0.25) is 5.89 Å². The van der Waals surface area contributed by atoms with Crippen molar-refractivity contribution in [3.63, 3.8) is 0 Å². The van der Waals surface area contributed by atoms with E-state index in [1.165, 1.54) is 19.2 Å². The summed E-state index contributed by atoms with van der Waals surface area (Å²) in [6, 6.07) is 14.6. The third-order valence-corrected chi connectivity index (χ3v) is 4.97. The van der Waals surface area contributed by atoms with E-state index < -0.39 is 10.8 Å². The number of nitro groups is 1. The second kappa shape index (κ2) is 8.08.